The monoisotopic (exact) mass is 307 g/mol. The first-order valence-electron chi connectivity index (χ1n) is 8.17. The van der Waals surface area contributed by atoms with E-state index in [0.717, 1.165) is 18.8 Å². The molecule has 1 aliphatic heterocycles. The Kier molecular flexibility index (Phi) is 3.88. The van der Waals surface area contributed by atoms with Gasteiger partial charge in [-0.25, -0.2) is 0 Å². The Bertz CT molecular complexity index is 753. The van der Waals surface area contributed by atoms with Gasteiger partial charge in [0, 0.05) is 24.5 Å². The Labute approximate surface area is 139 Å². The molecule has 0 radical (unpaired) electrons. The van der Waals surface area contributed by atoms with Crippen LogP contribution in [0.5, 0.6) is 0 Å². The highest BCUT2D eigenvalue weighted by molar-refractivity contribution is 6.08. The van der Waals surface area contributed by atoms with Crippen LogP contribution in [-0.2, 0) is 0 Å². The first-order chi connectivity index (χ1) is 10.9. The van der Waals surface area contributed by atoms with Gasteiger partial charge in [-0.1, -0.05) is 35.4 Å². The molecular formula is C20H25N3. The second-order valence-corrected chi connectivity index (χ2v) is 6.66. The van der Waals surface area contributed by atoms with Crippen molar-refractivity contribution in [2.24, 2.45) is 0 Å². The van der Waals surface area contributed by atoms with Crippen molar-refractivity contribution in [3.63, 3.8) is 0 Å². The molecular weight excluding hydrogens is 282 g/mol. The van der Waals surface area contributed by atoms with Gasteiger partial charge in [-0.15, -0.1) is 0 Å². The first kappa shape index (κ1) is 15.6. The van der Waals surface area contributed by atoms with Gasteiger partial charge < -0.3 is 9.80 Å². The van der Waals surface area contributed by atoms with E-state index in [1.54, 1.807) is 0 Å². The van der Waals surface area contributed by atoms with Gasteiger partial charge in [0.1, 0.15) is 0 Å². The molecule has 0 amide bonds. The summed E-state index contributed by atoms with van der Waals surface area (Å²) in [4.78, 5) is 4.26. The Balaban J connectivity index is 1.96. The van der Waals surface area contributed by atoms with Crippen LogP contribution < -0.4 is 9.80 Å². The van der Waals surface area contributed by atoms with Crippen LogP contribution >= 0.6 is 0 Å². The minimum Gasteiger partial charge on any atom is -0.310 e. The molecule has 2 aromatic carbocycles. The maximum Gasteiger partial charge on any atom is 0.203 e. The van der Waals surface area contributed by atoms with E-state index in [0.29, 0.717) is 5.96 Å². The van der Waals surface area contributed by atoms with E-state index < -0.39 is 0 Å². The van der Waals surface area contributed by atoms with Gasteiger partial charge >= 0.3 is 0 Å². The average molecular weight is 307 g/mol. The summed E-state index contributed by atoms with van der Waals surface area (Å²) >= 11 is 0. The van der Waals surface area contributed by atoms with Gasteiger partial charge in [0.05, 0.1) is 0 Å². The van der Waals surface area contributed by atoms with E-state index in [1.807, 2.05) is 0 Å². The summed E-state index contributed by atoms with van der Waals surface area (Å²) < 4.78 is 0. The molecule has 3 rings (SSSR count). The fraction of sp³-hybridized carbons (Fsp3) is 0.350. The predicted octanol–water partition coefficient (Wildman–Crippen LogP) is 4.49. The molecule has 23 heavy (non-hydrogen) atoms. The molecule has 0 unspecified atom stereocenters. The minimum atomic E-state index is 0.576. The van der Waals surface area contributed by atoms with Crippen molar-refractivity contribution in [3.05, 3.63) is 58.1 Å². The van der Waals surface area contributed by atoms with E-state index in [2.05, 4.69) is 74.8 Å². The molecule has 2 aromatic rings. The van der Waals surface area contributed by atoms with Gasteiger partial charge in [0.2, 0.25) is 5.96 Å². The van der Waals surface area contributed by atoms with E-state index >= 15 is 0 Å². The zero-order chi connectivity index (χ0) is 16.7. The number of benzene rings is 2. The fourth-order valence-corrected chi connectivity index (χ4v) is 3.72. The van der Waals surface area contributed by atoms with Gasteiger partial charge in [-0.05, 0) is 57.4 Å². The van der Waals surface area contributed by atoms with Gasteiger partial charge in [-0.2, -0.15) is 0 Å². The third-order valence-corrected chi connectivity index (χ3v) is 4.61. The van der Waals surface area contributed by atoms with Crippen LogP contribution in [0.4, 0.5) is 11.4 Å². The lowest BCUT2D eigenvalue weighted by atomic mass is 10.0. The second kappa shape index (κ2) is 5.73. The molecule has 120 valence electrons. The molecule has 1 fully saturated rings. The topological polar surface area (TPSA) is 30.3 Å². The number of hydrogen-bond donors (Lipinski definition) is 1. The summed E-state index contributed by atoms with van der Waals surface area (Å²) in [5.74, 6) is 0.576. The zero-order valence-corrected chi connectivity index (χ0v) is 14.7. The second-order valence-electron chi connectivity index (χ2n) is 6.66. The molecule has 0 aliphatic carbocycles. The van der Waals surface area contributed by atoms with Crippen LogP contribution in [0, 0.1) is 40.0 Å². The van der Waals surface area contributed by atoms with Gasteiger partial charge in [0.25, 0.3) is 0 Å². The summed E-state index contributed by atoms with van der Waals surface area (Å²) in [6, 6.07) is 10.9. The van der Waals surface area contributed by atoms with E-state index in [4.69, 9.17) is 5.41 Å². The van der Waals surface area contributed by atoms with Crippen LogP contribution in [0.2, 0.25) is 0 Å². The maximum absolute atomic E-state index is 8.69. The Morgan fingerprint density at radius 1 is 0.739 bits per heavy atom. The molecule has 3 heteroatoms. The number of anilines is 2. The van der Waals surface area contributed by atoms with Crippen LogP contribution in [0.3, 0.4) is 0 Å². The summed E-state index contributed by atoms with van der Waals surface area (Å²) in [7, 11) is 0. The number of aryl methyl sites for hydroxylation is 5. The lowest BCUT2D eigenvalue weighted by Crippen LogP contribution is -2.33. The summed E-state index contributed by atoms with van der Waals surface area (Å²) in [5.41, 5.74) is 8.59. The highest BCUT2D eigenvalue weighted by atomic mass is 15.4. The highest BCUT2D eigenvalue weighted by Crippen LogP contribution is 2.32. The third kappa shape index (κ3) is 2.72. The number of nitrogens with one attached hydrogen (secondary N) is 1. The summed E-state index contributed by atoms with van der Waals surface area (Å²) in [5, 5.41) is 8.69. The molecule has 1 N–H and O–H groups in total. The van der Waals surface area contributed by atoms with Crippen molar-refractivity contribution >= 4 is 17.3 Å². The van der Waals surface area contributed by atoms with Crippen LogP contribution in [-0.4, -0.2) is 19.0 Å². The number of rotatable bonds is 2. The molecule has 1 heterocycles. The number of nitrogens with zero attached hydrogens (tertiary/aromatic N) is 2. The van der Waals surface area contributed by atoms with Crippen molar-refractivity contribution in [1.29, 1.82) is 5.41 Å². The van der Waals surface area contributed by atoms with Crippen molar-refractivity contribution in [2.75, 3.05) is 22.9 Å². The quantitative estimate of drug-likeness (QED) is 0.886. The maximum atomic E-state index is 8.69. The minimum absolute atomic E-state index is 0.576. The number of hydrogen-bond acceptors (Lipinski definition) is 1. The summed E-state index contributed by atoms with van der Waals surface area (Å²) in [6.45, 7) is 12.4. The lowest BCUT2D eigenvalue weighted by molar-refractivity contribution is 1.01. The van der Waals surface area contributed by atoms with Crippen molar-refractivity contribution in [2.45, 2.75) is 34.6 Å². The predicted molar refractivity (Wildman–Crippen MR) is 99.0 cm³/mol. The molecule has 3 nitrogen and oxygen atoms in total. The zero-order valence-electron chi connectivity index (χ0n) is 14.7. The molecule has 1 aliphatic rings. The Morgan fingerprint density at radius 2 is 1.30 bits per heavy atom. The Hall–Kier alpha value is -2.29. The highest BCUT2D eigenvalue weighted by Gasteiger charge is 2.29. The van der Waals surface area contributed by atoms with Crippen LogP contribution in [0.25, 0.3) is 0 Å². The molecule has 0 aromatic heterocycles. The van der Waals surface area contributed by atoms with Crippen molar-refractivity contribution < 1.29 is 0 Å². The van der Waals surface area contributed by atoms with Gasteiger partial charge in [-0.3, -0.25) is 5.41 Å². The SMILES string of the molecule is Cc1ccc(N2CCN(c3c(C)cc(C)cc3C)C2=N)c(C)c1. The largest absolute Gasteiger partial charge is 0.310 e. The third-order valence-electron chi connectivity index (χ3n) is 4.61. The van der Waals surface area contributed by atoms with E-state index in [9.17, 15) is 0 Å². The van der Waals surface area contributed by atoms with Crippen molar-refractivity contribution in [1.82, 2.24) is 0 Å². The fourth-order valence-electron chi connectivity index (χ4n) is 3.72. The van der Waals surface area contributed by atoms with E-state index in [1.165, 1.54) is 33.5 Å². The summed E-state index contributed by atoms with van der Waals surface area (Å²) in [6.07, 6.45) is 0. The van der Waals surface area contributed by atoms with Crippen molar-refractivity contribution in [3.8, 4) is 0 Å². The van der Waals surface area contributed by atoms with Crippen LogP contribution in [0.15, 0.2) is 30.3 Å². The molecule has 0 saturated carbocycles. The van der Waals surface area contributed by atoms with E-state index in [-0.39, 0.29) is 0 Å². The first-order valence-corrected chi connectivity index (χ1v) is 8.17. The normalized spacial score (nSPS) is 14.7. The molecule has 0 spiro atoms. The molecule has 0 atom stereocenters. The molecule has 1 saturated heterocycles. The van der Waals surface area contributed by atoms with Gasteiger partial charge in [0.15, 0.2) is 0 Å². The average Bonchev–Trinajstić information content (AvgIpc) is 2.80. The molecule has 0 bridgehead atoms. The lowest BCUT2D eigenvalue weighted by Gasteiger charge is -2.26. The standard InChI is InChI=1S/C20H25N3/c1-13-6-7-18(15(3)10-13)22-8-9-23(20(22)21)19-16(4)11-14(2)12-17(19)5/h6-7,10-12,21H,8-9H2,1-5H3. The smallest absolute Gasteiger partial charge is 0.203 e. The Morgan fingerprint density at radius 3 is 1.91 bits per heavy atom. The van der Waals surface area contributed by atoms with Crippen LogP contribution in [0.1, 0.15) is 27.8 Å². The number of guanidine groups is 1.